The summed E-state index contributed by atoms with van der Waals surface area (Å²) in [6.45, 7) is -0.236. The number of nitrogens with one attached hydrogen (secondary N) is 2. The lowest BCUT2D eigenvalue weighted by Crippen LogP contribution is -2.84. The third-order valence-corrected chi connectivity index (χ3v) is 5.30. The zero-order valence-corrected chi connectivity index (χ0v) is 15.6. The fraction of sp³-hybridized carbons (Fsp3) is 0.389. The van der Waals surface area contributed by atoms with Crippen molar-refractivity contribution in [2.45, 2.75) is 30.3 Å². The number of benzene rings is 1. The summed E-state index contributed by atoms with van der Waals surface area (Å²) in [7, 11) is 1.43. The van der Waals surface area contributed by atoms with E-state index in [0.29, 0.717) is 19.3 Å². The van der Waals surface area contributed by atoms with Gasteiger partial charge in [0.15, 0.2) is 6.61 Å². The van der Waals surface area contributed by atoms with E-state index in [9.17, 15) is 14.0 Å². The second kappa shape index (κ2) is 6.66. The minimum absolute atomic E-state index is 0.0122. The van der Waals surface area contributed by atoms with Gasteiger partial charge in [-0.15, -0.1) is 0 Å². The van der Waals surface area contributed by atoms with Gasteiger partial charge < -0.3 is 24.6 Å². The van der Waals surface area contributed by atoms with Crippen LogP contribution in [0, 0.1) is 5.82 Å². The maximum absolute atomic E-state index is 13.4. The van der Waals surface area contributed by atoms with Crippen molar-refractivity contribution in [2.24, 2.45) is 0 Å². The Labute approximate surface area is 164 Å². The van der Waals surface area contributed by atoms with E-state index in [0.717, 1.165) is 6.07 Å². The second-order valence-corrected chi connectivity index (χ2v) is 7.60. The highest BCUT2D eigenvalue weighted by atomic mass is 35.5. The fourth-order valence-electron chi connectivity index (χ4n) is 3.87. The van der Waals surface area contributed by atoms with Crippen LogP contribution < -0.4 is 20.1 Å². The van der Waals surface area contributed by atoms with Gasteiger partial charge in [-0.05, 0) is 36.6 Å². The molecule has 2 N–H and O–H groups in total. The number of aromatic nitrogens is 1. The molecule has 0 aliphatic heterocycles. The molecule has 0 atom stereocenters. The number of ether oxygens (including phenoxy) is 2. The Morgan fingerprint density at radius 3 is 2.61 bits per heavy atom. The summed E-state index contributed by atoms with van der Waals surface area (Å²) in [6.07, 6.45) is 1.87. The highest BCUT2D eigenvalue weighted by Gasteiger charge is 2.69. The fourth-order valence-corrected chi connectivity index (χ4v) is 3.98. The van der Waals surface area contributed by atoms with Crippen LogP contribution in [0.5, 0.6) is 11.6 Å². The monoisotopic (exact) mass is 409 g/mol. The van der Waals surface area contributed by atoms with Crippen LogP contribution >= 0.6 is 11.6 Å². The summed E-state index contributed by atoms with van der Waals surface area (Å²) in [6, 6.07) is 5.39. The Morgan fingerprint density at radius 1 is 1.25 bits per heavy atom. The average Bonchev–Trinajstić information content (AvgIpc) is 3.09. The van der Waals surface area contributed by atoms with Crippen molar-refractivity contribution in [3.05, 3.63) is 40.9 Å². The van der Waals surface area contributed by atoms with Crippen LogP contribution in [-0.4, -0.2) is 41.8 Å². The predicted molar refractivity (Wildman–Crippen MR) is 94.9 cm³/mol. The number of carbonyl (C=O) groups excluding carboxylic acids is 2. The number of halogens is 2. The topological polar surface area (TPSA) is 103 Å². The summed E-state index contributed by atoms with van der Waals surface area (Å²) >= 11 is 5.60. The van der Waals surface area contributed by atoms with E-state index in [4.69, 9.17) is 25.6 Å². The summed E-state index contributed by atoms with van der Waals surface area (Å²) in [4.78, 5) is 24.3. The largest absolute Gasteiger partial charge is 0.484 e. The number of carbonyl (C=O) groups is 2. The lowest BCUT2D eigenvalue weighted by atomic mass is 9.44. The highest BCUT2D eigenvalue weighted by Crippen LogP contribution is 2.60. The Hall–Kier alpha value is -2.81. The van der Waals surface area contributed by atoms with Gasteiger partial charge in [0.1, 0.15) is 11.6 Å². The maximum atomic E-state index is 13.4. The van der Waals surface area contributed by atoms with E-state index in [1.165, 1.54) is 25.3 Å². The second-order valence-electron chi connectivity index (χ2n) is 7.19. The lowest BCUT2D eigenvalue weighted by molar-refractivity contribution is -0.141. The molecule has 0 unspecified atom stereocenters. The molecule has 1 heterocycles. The van der Waals surface area contributed by atoms with E-state index in [2.05, 4.69) is 15.8 Å². The quantitative estimate of drug-likeness (QED) is 0.725. The molecule has 1 aromatic heterocycles. The van der Waals surface area contributed by atoms with Gasteiger partial charge in [-0.25, -0.2) is 4.39 Å². The van der Waals surface area contributed by atoms with Crippen molar-refractivity contribution in [1.82, 2.24) is 15.8 Å². The summed E-state index contributed by atoms with van der Waals surface area (Å²) < 4.78 is 28.5. The molecule has 3 aliphatic rings. The van der Waals surface area contributed by atoms with Gasteiger partial charge in [0.25, 0.3) is 17.7 Å². The molecule has 1 aromatic carbocycles. The van der Waals surface area contributed by atoms with Gasteiger partial charge in [-0.3, -0.25) is 9.59 Å². The third kappa shape index (κ3) is 3.37. The van der Waals surface area contributed by atoms with Crippen LogP contribution in [0.4, 0.5) is 4.39 Å². The van der Waals surface area contributed by atoms with E-state index >= 15 is 0 Å². The molecule has 10 heteroatoms. The normalized spacial score (nSPS) is 24.5. The first kappa shape index (κ1) is 18.5. The number of rotatable bonds is 7. The van der Waals surface area contributed by atoms with Gasteiger partial charge >= 0.3 is 0 Å². The number of hydrogen-bond donors (Lipinski definition) is 2. The Morgan fingerprint density at radius 2 is 1.96 bits per heavy atom. The summed E-state index contributed by atoms with van der Waals surface area (Å²) in [5, 5.41) is 9.41. The highest BCUT2D eigenvalue weighted by molar-refractivity contribution is 6.30. The van der Waals surface area contributed by atoms with Gasteiger partial charge in [-0.1, -0.05) is 11.6 Å². The van der Waals surface area contributed by atoms with Crippen LogP contribution in [0.1, 0.15) is 29.8 Å². The van der Waals surface area contributed by atoms with Gasteiger partial charge in [0, 0.05) is 17.1 Å². The maximum Gasteiger partial charge on any atom is 0.290 e. The predicted octanol–water partition coefficient (Wildman–Crippen LogP) is 2.08. The molecule has 0 spiro atoms. The lowest BCUT2D eigenvalue weighted by Gasteiger charge is -2.70. The minimum Gasteiger partial charge on any atom is -0.484 e. The van der Waals surface area contributed by atoms with Crippen LogP contribution in [0.2, 0.25) is 5.02 Å². The first-order valence-corrected chi connectivity index (χ1v) is 8.92. The number of nitrogens with zero attached hydrogens (tertiary/aromatic N) is 1. The van der Waals surface area contributed by atoms with Crippen molar-refractivity contribution in [3.8, 4) is 11.6 Å². The Bertz CT molecular complexity index is 927. The third-order valence-electron chi connectivity index (χ3n) is 5.00. The van der Waals surface area contributed by atoms with Crippen LogP contribution in [-0.2, 0) is 4.79 Å². The molecule has 0 radical (unpaired) electrons. The van der Waals surface area contributed by atoms with E-state index < -0.39 is 5.82 Å². The first-order valence-electron chi connectivity index (χ1n) is 8.54. The molecule has 148 valence electrons. The molecule has 0 saturated heterocycles. The van der Waals surface area contributed by atoms with Gasteiger partial charge in [-0.2, -0.15) is 0 Å². The molecular formula is C18H17ClFN3O5. The average molecular weight is 410 g/mol. The van der Waals surface area contributed by atoms with E-state index in [1.54, 1.807) is 0 Å². The van der Waals surface area contributed by atoms with Crippen molar-refractivity contribution in [2.75, 3.05) is 13.7 Å². The molecule has 28 heavy (non-hydrogen) atoms. The SMILES string of the molecule is COc1cc(C(=O)NC23CC(NC(=O)COc4ccc(Cl)c(F)c4)(C2)C3)on1. The summed E-state index contributed by atoms with van der Waals surface area (Å²) in [5.74, 6) is -0.768. The van der Waals surface area contributed by atoms with Crippen LogP contribution in [0.15, 0.2) is 28.8 Å². The molecule has 8 nitrogen and oxygen atoms in total. The van der Waals surface area contributed by atoms with Crippen molar-refractivity contribution < 1.29 is 28.0 Å². The number of methoxy groups -OCH3 is 1. The zero-order valence-electron chi connectivity index (χ0n) is 14.9. The number of amides is 2. The van der Waals surface area contributed by atoms with Gasteiger partial charge in [0.2, 0.25) is 5.76 Å². The van der Waals surface area contributed by atoms with Crippen molar-refractivity contribution in [1.29, 1.82) is 0 Å². The molecule has 3 aliphatic carbocycles. The standard InChI is InChI=1S/C18H17ClFN3O5/c1-26-15-5-13(28-23-15)16(25)22-18-7-17(8-18,9-18)21-14(24)6-27-10-2-3-11(19)12(20)4-10/h2-5H,6-9H2,1H3,(H,21,24)(H,22,25). The first-order chi connectivity index (χ1) is 13.3. The van der Waals surface area contributed by atoms with Crippen molar-refractivity contribution >= 4 is 23.4 Å². The molecule has 2 bridgehead atoms. The van der Waals surface area contributed by atoms with Crippen LogP contribution in [0.25, 0.3) is 0 Å². The molecule has 5 rings (SSSR count). The molecule has 3 fully saturated rings. The number of hydrogen-bond acceptors (Lipinski definition) is 6. The molecule has 2 amide bonds. The minimum atomic E-state index is -0.610. The zero-order chi connectivity index (χ0) is 19.9. The molecule has 2 aromatic rings. The van der Waals surface area contributed by atoms with E-state index in [1.807, 2.05) is 0 Å². The Kier molecular flexibility index (Phi) is 4.41. The Balaban J connectivity index is 1.23. The van der Waals surface area contributed by atoms with E-state index in [-0.39, 0.29) is 51.9 Å². The van der Waals surface area contributed by atoms with Gasteiger partial charge in [0.05, 0.1) is 18.2 Å². The van der Waals surface area contributed by atoms with Crippen LogP contribution in [0.3, 0.4) is 0 Å². The molecule has 3 saturated carbocycles. The molecular weight excluding hydrogens is 393 g/mol. The summed E-state index contributed by atoms with van der Waals surface area (Å²) in [5.41, 5.74) is -0.678. The van der Waals surface area contributed by atoms with Crippen molar-refractivity contribution in [3.63, 3.8) is 0 Å². The smallest absolute Gasteiger partial charge is 0.290 e.